The van der Waals surface area contributed by atoms with Gasteiger partial charge in [-0.2, -0.15) is 5.26 Å². The van der Waals surface area contributed by atoms with Crippen LogP contribution in [0.5, 0.6) is 0 Å². The van der Waals surface area contributed by atoms with Crippen molar-refractivity contribution in [2.45, 2.75) is 36.9 Å². The van der Waals surface area contributed by atoms with Gasteiger partial charge in [0.15, 0.2) is 0 Å². The summed E-state index contributed by atoms with van der Waals surface area (Å²) in [5.41, 5.74) is 7.77. The summed E-state index contributed by atoms with van der Waals surface area (Å²) in [5, 5.41) is 10.5. The van der Waals surface area contributed by atoms with Crippen molar-refractivity contribution >= 4 is 34.4 Å². The summed E-state index contributed by atoms with van der Waals surface area (Å²) in [7, 11) is 1.58. The quantitative estimate of drug-likeness (QED) is 0.232. The highest BCUT2D eigenvalue weighted by Gasteiger charge is 2.28. The predicted octanol–water partition coefficient (Wildman–Crippen LogP) is 4.45. The first kappa shape index (κ1) is 24.0. The van der Waals surface area contributed by atoms with Crippen molar-refractivity contribution in [1.82, 2.24) is 19.2 Å². The predicted molar refractivity (Wildman–Crippen MR) is 141 cm³/mol. The van der Waals surface area contributed by atoms with Crippen LogP contribution in [0.25, 0.3) is 10.9 Å². The first-order chi connectivity index (χ1) is 17.7. The van der Waals surface area contributed by atoms with E-state index in [1.54, 1.807) is 13.2 Å². The minimum Gasteiger partial charge on any atom is -0.361 e. The molecule has 0 radical (unpaired) electrons. The van der Waals surface area contributed by atoms with Crippen LogP contribution in [0.2, 0.25) is 0 Å². The molecule has 36 heavy (non-hydrogen) atoms. The van der Waals surface area contributed by atoms with Gasteiger partial charge < -0.3 is 14.5 Å². The van der Waals surface area contributed by atoms with Crippen LogP contribution < -0.4 is 10.2 Å². The number of rotatable bonds is 9. The van der Waals surface area contributed by atoms with E-state index in [9.17, 15) is 10.1 Å². The van der Waals surface area contributed by atoms with Crippen molar-refractivity contribution in [3.8, 4) is 6.07 Å². The fraction of sp³-hybridized carbons (Fsp3) is 0.259. The third kappa shape index (κ3) is 5.11. The maximum absolute atomic E-state index is 13.8. The van der Waals surface area contributed by atoms with Crippen molar-refractivity contribution in [2.24, 2.45) is 0 Å². The number of nitriles is 1. The summed E-state index contributed by atoms with van der Waals surface area (Å²) in [5.74, 6) is 0.0603. The molecule has 8 nitrogen and oxygen atoms in total. The van der Waals surface area contributed by atoms with Crippen LogP contribution in [-0.2, 0) is 29.1 Å². The van der Waals surface area contributed by atoms with E-state index in [0.29, 0.717) is 31.7 Å². The Kier molecular flexibility index (Phi) is 7.28. The van der Waals surface area contributed by atoms with E-state index in [2.05, 4.69) is 33.4 Å². The summed E-state index contributed by atoms with van der Waals surface area (Å²) in [6.45, 7) is 1.79. The Balaban J connectivity index is 1.34. The molecule has 184 valence electrons. The number of H-pyrrole nitrogens is 1. The SMILES string of the molecule is CONc1ccc2c(c1)CN(C(=O)C(CCn1cccc1C#N)NSc1cccc3[nH]ccc13)CC2. The lowest BCUT2D eigenvalue weighted by Gasteiger charge is -2.32. The second-order valence-electron chi connectivity index (χ2n) is 8.75. The standard InChI is InChI=1S/C27H28N6O2S/c1-35-30-21-8-7-19-10-14-33(18-20(19)16-21)27(34)25(11-15-32-13-3-4-22(32)17-28)31-36-26-6-2-5-24-23(26)9-12-29-24/h2-9,12-13,16,25,29-31H,10-11,14-15,18H2,1H3. The number of aromatic amines is 1. The number of anilines is 1. The molecule has 0 aliphatic carbocycles. The largest absolute Gasteiger partial charge is 0.361 e. The van der Waals surface area contributed by atoms with Gasteiger partial charge in [-0.15, -0.1) is 0 Å². The average molecular weight is 501 g/mol. The molecule has 1 amide bonds. The third-order valence-electron chi connectivity index (χ3n) is 6.52. The van der Waals surface area contributed by atoms with Crippen LogP contribution in [0.3, 0.4) is 0 Å². The van der Waals surface area contributed by atoms with Crippen LogP contribution >= 0.6 is 11.9 Å². The molecule has 1 aliphatic heterocycles. The molecule has 0 saturated carbocycles. The summed E-state index contributed by atoms with van der Waals surface area (Å²) in [6, 6.07) is 19.7. The van der Waals surface area contributed by atoms with Gasteiger partial charge in [-0.05, 0) is 78.4 Å². The number of carbonyl (C=O) groups is 1. The topological polar surface area (TPSA) is 98.1 Å². The molecule has 0 spiro atoms. The monoisotopic (exact) mass is 500 g/mol. The minimum absolute atomic E-state index is 0.0603. The summed E-state index contributed by atoms with van der Waals surface area (Å²) < 4.78 is 5.35. The third-order valence-corrected chi connectivity index (χ3v) is 7.50. The van der Waals surface area contributed by atoms with Crippen LogP contribution in [0.15, 0.2) is 71.9 Å². The molecule has 0 bridgehead atoms. The maximum atomic E-state index is 13.8. The van der Waals surface area contributed by atoms with Crippen molar-refractivity contribution in [3.05, 3.63) is 83.8 Å². The zero-order valence-corrected chi connectivity index (χ0v) is 20.8. The number of hydrogen-bond acceptors (Lipinski definition) is 6. The van der Waals surface area contributed by atoms with Crippen molar-refractivity contribution in [3.63, 3.8) is 0 Å². The molecule has 3 N–H and O–H groups in total. The Hall–Kier alpha value is -3.71. The zero-order valence-electron chi connectivity index (χ0n) is 20.0. The number of aryl methyl sites for hydroxylation is 1. The molecule has 1 aliphatic rings. The molecule has 3 heterocycles. The molecule has 2 aromatic carbocycles. The van der Waals surface area contributed by atoms with Crippen LogP contribution in [-0.4, -0.2) is 40.1 Å². The lowest BCUT2D eigenvalue weighted by atomic mass is 9.98. The molecule has 1 atom stereocenters. The summed E-state index contributed by atoms with van der Waals surface area (Å²) in [4.78, 5) is 25.1. The lowest BCUT2D eigenvalue weighted by Crippen LogP contribution is -2.46. The molecule has 9 heteroatoms. The fourth-order valence-electron chi connectivity index (χ4n) is 4.64. The second kappa shape index (κ2) is 10.9. The molecule has 1 unspecified atom stereocenters. The highest BCUT2D eigenvalue weighted by atomic mass is 32.2. The van der Waals surface area contributed by atoms with E-state index in [1.807, 2.05) is 58.3 Å². The Labute approximate surface area is 214 Å². The molecule has 5 rings (SSSR count). The first-order valence-corrected chi connectivity index (χ1v) is 12.7. The summed E-state index contributed by atoms with van der Waals surface area (Å²) >= 11 is 1.48. The van der Waals surface area contributed by atoms with E-state index < -0.39 is 6.04 Å². The normalized spacial score (nSPS) is 13.8. The van der Waals surface area contributed by atoms with Gasteiger partial charge in [-0.1, -0.05) is 12.1 Å². The zero-order chi connectivity index (χ0) is 24.9. The molecule has 4 aromatic rings. The van der Waals surface area contributed by atoms with Crippen molar-refractivity contribution < 1.29 is 9.63 Å². The van der Waals surface area contributed by atoms with Gasteiger partial charge in [0.25, 0.3) is 0 Å². The van der Waals surface area contributed by atoms with Crippen LogP contribution in [0, 0.1) is 11.3 Å². The molecule has 2 aromatic heterocycles. The number of benzene rings is 2. The number of hydrogen-bond donors (Lipinski definition) is 3. The van der Waals surface area contributed by atoms with E-state index in [0.717, 1.165) is 33.5 Å². The molecule has 0 saturated heterocycles. The smallest absolute Gasteiger partial charge is 0.240 e. The molecule has 0 fully saturated rings. The number of nitrogens with one attached hydrogen (secondary N) is 3. The van der Waals surface area contributed by atoms with Gasteiger partial charge in [0.2, 0.25) is 5.91 Å². The van der Waals surface area contributed by atoms with Gasteiger partial charge in [0.05, 0.1) is 18.8 Å². The van der Waals surface area contributed by atoms with Crippen LogP contribution in [0.4, 0.5) is 5.69 Å². The fourth-order valence-corrected chi connectivity index (χ4v) is 5.56. The van der Waals surface area contributed by atoms with Gasteiger partial charge in [-0.25, -0.2) is 4.72 Å². The Morgan fingerprint density at radius 1 is 1.22 bits per heavy atom. The Bertz CT molecular complexity index is 1400. The number of nitrogens with zero attached hydrogens (tertiary/aromatic N) is 3. The second-order valence-corrected chi connectivity index (χ2v) is 9.63. The van der Waals surface area contributed by atoms with Gasteiger partial charge in [0, 0.05) is 47.8 Å². The number of amides is 1. The van der Waals surface area contributed by atoms with Gasteiger partial charge >= 0.3 is 0 Å². The highest BCUT2D eigenvalue weighted by Crippen LogP contribution is 2.27. The lowest BCUT2D eigenvalue weighted by molar-refractivity contribution is -0.134. The number of carbonyl (C=O) groups excluding carboxylic acids is 1. The van der Waals surface area contributed by atoms with E-state index >= 15 is 0 Å². The Morgan fingerprint density at radius 3 is 3.00 bits per heavy atom. The highest BCUT2D eigenvalue weighted by molar-refractivity contribution is 7.97. The maximum Gasteiger partial charge on any atom is 0.240 e. The van der Waals surface area contributed by atoms with Gasteiger partial charge in [0.1, 0.15) is 11.8 Å². The van der Waals surface area contributed by atoms with Crippen LogP contribution in [0.1, 0.15) is 23.2 Å². The number of aromatic nitrogens is 2. The van der Waals surface area contributed by atoms with Gasteiger partial charge in [-0.3, -0.25) is 15.1 Å². The Morgan fingerprint density at radius 2 is 2.14 bits per heavy atom. The van der Waals surface area contributed by atoms with E-state index in [4.69, 9.17) is 4.84 Å². The van der Waals surface area contributed by atoms with E-state index in [1.165, 1.54) is 17.5 Å². The van der Waals surface area contributed by atoms with E-state index in [-0.39, 0.29) is 5.91 Å². The van der Waals surface area contributed by atoms with Crippen molar-refractivity contribution in [1.29, 1.82) is 5.26 Å². The number of fused-ring (bicyclic) bond motifs is 2. The average Bonchev–Trinajstić information content (AvgIpc) is 3.58. The summed E-state index contributed by atoms with van der Waals surface area (Å²) in [6.07, 6.45) is 5.18. The van der Waals surface area contributed by atoms with Crippen molar-refractivity contribution in [2.75, 3.05) is 19.1 Å². The minimum atomic E-state index is -0.417. The molecular formula is C27H28N6O2S. The molecular weight excluding hydrogens is 472 g/mol. The first-order valence-electron chi connectivity index (χ1n) is 11.9.